The molecule has 0 amide bonds. The second-order valence-corrected chi connectivity index (χ2v) is 7.15. The lowest BCUT2D eigenvalue weighted by atomic mass is 10.2. The van der Waals surface area contributed by atoms with Gasteiger partial charge in [-0.2, -0.15) is 13.7 Å². The molecule has 24 heavy (non-hydrogen) atoms. The summed E-state index contributed by atoms with van der Waals surface area (Å²) in [7, 11) is -4.20. The zero-order valence-corrected chi connectivity index (χ0v) is 15.2. The zero-order valence-electron chi connectivity index (χ0n) is 12.8. The van der Waals surface area contributed by atoms with Gasteiger partial charge in [0, 0.05) is 6.07 Å². The molecule has 0 heterocycles. The third kappa shape index (κ3) is 3.86. The van der Waals surface area contributed by atoms with Gasteiger partial charge in [-0.1, -0.05) is 0 Å². The molecule has 5 nitrogen and oxygen atoms in total. The van der Waals surface area contributed by atoms with Crippen LogP contribution in [0.3, 0.4) is 0 Å². The van der Waals surface area contributed by atoms with Crippen LogP contribution in [0.15, 0.2) is 39.7 Å². The van der Waals surface area contributed by atoms with Crippen molar-refractivity contribution < 1.29 is 21.7 Å². The second kappa shape index (κ2) is 7.20. The Morgan fingerprint density at radius 1 is 1.29 bits per heavy atom. The van der Waals surface area contributed by atoms with Crippen molar-refractivity contribution in [1.29, 1.82) is 5.26 Å². The van der Waals surface area contributed by atoms with Gasteiger partial charge < -0.3 is 8.92 Å². The molecular formula is C16H13BrFNO4S. The highest BCUT2D eigenvalue weighted by molar-refractivity contribution is 9.10. The maximum absolute atomic E-state index is 13.2. The van der Waals surface area contributed by atoms with Crippen molar-refractivity contribution in [3.8, 4) is 17.6 Å². The van der Waals surface area contributed by atoms with E-state index >= 15 is 0 Å². The normalized spacial score (nSPS) is 11.0. The molecule has 126 valence electrons. The molecule has 0 spiro atoms. The molecule has 0 saturated heterocycles. The first-order valence-corrected chi connectivity index (χ1v) is 9.05. The van der Waals surface area contributed by atoms with Gasteiger partial charge in [-0.15, -0.1) is 0 Å². The molecule has 0 aliphatic carbocycles. The van der Waals surface area contributed by atoms with Crippen LogP contribution in [-0.4, -0.2) is 15.0 Å². The Hall–Kier alpha value is -2.11. The highest BCUT2D eigenvalue weighted by atomic mass is 79.9. The molecule has 2 rings (SSSR count). The maximum atomic E-state index is 13.2. The van der Waals surface area contributed by atoms with E-state index in [1.54, 1.807) is 6.92 Å². The second-order valence-electron chi connectivity index (χ2n) is 4.78. The molecule has 0 aliphatic rings. The maximum Gasteiger partial charge on any atom is 0.339 e. The minimum absolute atomic E-state index is 0.0698. The van der Waals surface area contributed by atoms with E-state index in [2.05, 4.69) is 15.9 Å². The number of benzene rings is 2. The molecule has 0 atom stereocenters. The third-order valence-corrected chi connectivity index (χ3v) is 5.01. The molecule has 8 heteroatoms. The fraction of sp³-hybridized carbons (Fsp3) is 0.188. The van der Waals surface area contributed by atoms with E-state index in [-0.39, 0.29) is 38.6 Å². The van der Waals surface area contributed by atoms with Crippen molar-refractivity contribution >= 4 is 26.0 Å². The Bertz CT molecular complexity index is 922. The summed E-state index contributed by atoms with van der Waals surface area (Å²) >= 11 is 3.18. The highest BCUT2D eigenvalue weighted by Gasteiger charge is 2.24. The molecule has 0 saturated carbocycles. The van der Waals surface area contributed by atoms with E-state index in [0.717, 1.165) is 18.2 Å². The molecule has 0 unspecified atom stereocenters. The number of rotatable bonds is 5. The molecular weight excluding hydrogens is 401 g/mol. The van der Waals surface area contributed by atoms with Crippen LogP contribution in [0, 0.1) is 24.1 Å². The van der Waals surface area contributed by atoms with Gasteiger partial charge in [0.25, 0.3) is 0 Å². The molecule has 0 fully saturated rings. The number of hydrogen-bond donors (Lipinski definition) is 0. The summed E-state index contributed by atoms with van der Waals surface area (Å²) in [5, 5.41) is 9.00. The summed E-state index contributed by atoms with van der Waals surface area (Å²) in [4.78, 5) is -0.150. The number of hydrogen-bond acceptors (Lipinski definition) is 5. The number of nitriles is 1. The van der Waals surface area contributed by atoms with Gasteiger partial charge in [-0.05, 0) is 59.6 Å². The lowest BCUT2D eigenvalue weighted by molar-refractivity contribution is 0.327. The number of aryl methyl sites for hydroxylation is 1. The summed E-state index contributed by atoms with van der Waals surface area (Å²) in [6, 6.07) is 8.04. The minimum atomic E-state index is -4.20. The molecule has 2 aromatic rings. The first kappa shape index (κ1) is 18.2. The predicted molar refractivity (Wildman–Crippen MR) is 89.0 cm³/mol. The molecule has 0 N–H and O–H groups in total. The Balaban J connectivity index is 2.51. The fourth-order valence-electron chi connectivity index (χ4n) is 2.02. The Labute approximate surface area is 147 Å². The van der Waals surface area contributed by atoms with E-state index in [1.807, 2.05) is 6.07 Å². The van der Waals surface area contributed by atoms with Crippen LogP contribution in [-0.2, 0) is 10.1 Å². The number of halogens is 2. The van der Waals surface area contributed by atoms with Crippen molar-refractivity contribution in [2.24, 2.45) is 0 Å². The van der Waals surface area contributed by atoms with Crippen LogP contribution in [0.1, 0.15) is 18.1 Å². The quantitative estimate of drug-likeness (QED) is 0.693. The van der Waals surface area contributed by atoms with Crippen molar-refractivity contribution in [2.75, 3.05) is 6.61 Å². The molecule has 0 radical (unpaired) electrons. The van der Waals surface area contributed by atoms with E-state index in [1.165, 1.54) is 19.1 Å². The van der Waals surface area contributed by atoms with Crippen LogP contribution in [0.2, 0.25) is 0 Å². The predicted octanol–water partition coefficient (Wildman–Crippen LogP) is 3.93. The van der Waals surface area contributed by atoms with Crippen LogP contribution in [0.25, 0.3) is 0 Å². The molecule has 0 aliphatic heterocycles. The summed E-state index contributed by atoms with van der Waals surface area (Å²) in [6.07, 6.45) is 0. The summed E-state index contributed by atoms with van der Waals surface area (Å²) in [5.74, 6) is -0.493. The zero-order chi connectivity index (χ0) is 17.9. The Morgan fingerprint density at radius 2 is 2.00 bits per heavy atom. The molecule has 0 bridgehead atoms. The van der Waals surface area contributed by atoms with E-state index in [4.69, 9.17) is 14.2 Å². The van der Waals surface area contributed by atoms with Crippen molar-refractivity contribution in [2.45, 2.75) is 18.7 Å². The van der Waals surface area contributed by atoms with Crippen LogP contribution in [0.4, 0.5) is 4.39 Å². The van der Waals surface area contributed by atoms with Gasteiger partial charge in [0.05, 0.1) is 22.7 Å². The average Bonchev–Trinajstić information content (AvgIpc) is 2.50. The SMILES string of the molecule is CCOc1cc(C#N)cc(Br)c1OS(=O)(=O)c1ccc(F)cc1C. The van der Waals surface area contributed by atoms with Crippen molar-refractivity contribution in [3.63, 3.8) is 0 Å². The smallest absolute Gasteiger partial charge is 0.339 e. The van der Waals surface area contributed by atoms with Crippen LogP contribution < -0.4 is 8.92 Å². The first-order chi connectivity index (χ1) is 11.3. The van der Waals surface area contributed by atoms with Gasteiger partial charge in [0.15, 0.2) is 11.5 Å². The lowest BCUT2D eigenvalue weighted by Crippen LogP contribution is -2.13. The number of nitrogens with zero attached hydrogens (tertiary/aromatic N) is 1. The minimum Gasteiger partial charge on any atom is -0.490 e. The van der Waals surface area contributed by atoms with Crippen molar-refractivity contribution in [3.05, 3.63) is 51.7 Å². The Morgan fingerprint density at radius 3 is 2.58 bits per heavy atom. The van der Waals surface area contributed by atoms with Gasteiger partial charge in [-0.3, -0.25) is 0 Å². The fourth-order valence-corrected chi connectivity index (χ4v) is 3.82. The van der Waals surface area contributed by atoms with Crippen molar-refractivity contribution in [1.82, 2.24) is 0 Å². The van der Waals surface area contributed by atoms with E-state index < -0.39 is 15.9 Å². The summed E-state index contributed by atoms with van der Waals surface area (Å²) in [6.45, 7) is 3.44. The third-order valence-electron chi connectivity index (χ3n) is 3.04. The van der Waals surface area contributed by atoms with Crippen LogP contribution >= 0.6 is 15.9 Å². The molecule has 2 aromatic carbocycles. The Kier molecular flexibility index (Phi) is 5.47. The van der Waals surface area contributed by atoms with Gasteiger partial charge in [0.2, 0.25) is 0 Å². The summed E-state index contributed by atoms with van der Waals surface area (Å²) < 4.78 is 49.0. The first-order valence-electron chi connectivity index (χ1n) is 6.85. The van der Waals surface area contributed by atoms with E-state index in [0.29, 0.717) is 0 Å². The van der Waals surface area contributed by atoms with Gasteiger partial charge in [-0.25, -0.2) is 4.39 Å². The highest BCUT2D eigenvalue weighted by Crippen LogP contribution is 2.38. The largest absolute Gasteiger partial charge is 0.490 e. The standard InChI is InChI=1S/C16H13BrFNO4S/c1-3-22-14-8-11(9-19)7-13(17)16(14)23-24(20,21)15-5-4-12(18)6-10(15)2/h4-8H,3H2,1-2H3. The van der Waals surface area contributed by atoms with Crippen LogP contribution in [0.5, 0.6) is 11.5 Å². The average molecular weight is 414 g/mol. The number of ether oxygens (including phenoxy) is 1. The monoisotopic (exact) mass is 413 g/mol. The lowest BCUT2D eigenvalue weighted by Gasteiger charge is -2.14. The van der Waals surface area contributed by atoms with Gasteiger partial charge >= 0.3 is 10.1 Å². The topological polar surface area (TPSA) is 76.4 Å². The summed E-state index contributed by atoms with van der Waals surface area (Å²) in [5.41, 5.74) is 0.505. The molecule has 0 aromatic heterocycles. The van der Waals surface area contributed by atoms with Gasteiger partial charge in [0.1, 0.15) is 10.7 Å². The van der Waals surface area contributed by atoms with E-state index in [9.17, 15) is 12.8 Å².